The van der Waals surface area contributed by atoms with Gasteiger partial charge in [-0.25, -0.2) is 0 Å². The topological polar surface area (TPSA) is 26.3 Å². The zero-order chi connectivity index (χ0) is 47.4. The maximum Gasteiger partial charge on any atom is 0.135 e. The van der Waals surface area contributed by atoms with Gasteiger partial charge in [-0.2, -0.15) is 0 Å². The van der Waals surface area contributed by atoms with Gasteiger partial charge in [0.2, 0.25) is 0 Å². The van der Waals surface area contributed by atoms with Crippen molar-refractivity contribution in [2.75, 3.05) is 0 Å². The summed E-state index contributed by atoms with van der Waals surface area (Å²) in [4.78, 5) is 0. The van der Waals surface area contributed by atoms with Crippen molar-refractivity contribution in [2.24, 2.45) is 0 Å². The van der Waals surface area contributed by atoms with E-state index in [1.54, 1.807) is 0 Å². The average molecular weight is 1000 g/mol. The third kappa shape index (κ3) is 6.58. The minimum atomic E-state index is -0.696. The lowest BCUT2D eigenvalue weighted by Gasteiger charge is -2.19. The van der Waals surface area contributed by atoms with E-state index in [1.807, 2.05) is 12.1 Å². The first-order valence-corrected chi connectivity index (χ1v) is 26.5. The molecule has 0 aliphatic carbocycles. The Bertz CT molecular complexity index is 4690. The Kier molecular flexibility index (Phi) is 9.42. The van der Waals surface area contributed by atoms with E-state index >= 15 is 0 Å². The first kappa shape index (κ1) is 41.5. The van der Waals surface area contributed by atoms with Crippen LogP contribution in [0.5, 0.6) is 0 Å². The van der Waals surface area contributed by atoms with Crippen molar-refractivity contribution in [1.29, 1.82) is 0 Å². The number of furan rings is 2. The Labute approximate surface area is 423 Å². The van der Waals surface area contributed by atoms with E-state index in [4.69, 9.17) is 8.83 Å². The summed E-state index contributed by atoms with van der Waals surface area (Å²) in [6, 6.07) is 88.1. The highest BCUT2D eigenvalue weighted by Crippen LogP contribution is 2.44. The third-order valence-electron chi connectivity index (χ3n) is 14.9. The molecule has 72 heavy (non-hydrogen) atoms. The van der Waals surface area contributed by atoms with Crippen molar-refractivity contribution in [3.63, 3.8) is 0 Å². The Morgan fingerprint density at radius 1 is 0.264 bits per heavy atom. The lowest BCUT2D eigenvalue weighted by atomic mass is 9.89. The van der Waals surface area contributed by atoms with E-state index in [0.29, 0.717) is 0 Å². The van der Waals surface area contributed by atoms with Crippen LogP contribution in [0.2, 0.25) is 0 Å². The van der Waals surface area contributed by atoms with Crippen LogP contribution in [0.15, 0.2) is 256 Å². The molecule has 4 heteroatoms. The van der Waals surface area contributed by atoms with Crippen LogP contribution in [0.1, 0.15) is 0 Å². The van der Waals surface area contributed by atoms with Gasteiger partial charge in [0.05, 0.1) is 0 Å². The molecule has 0 saturated heterocycles. The smallest absolute Gasteiger partial charge is 0.135 e. The highest BCUT2D eigenvalue weighted by Gasteiger charge is 2.20. The highest BCUT2D eigenvalue weighted by molar-refractivity contribution is 9.10. The van der Waals surface area contributed by atoms with Crippen molar-refractivity contribution in [2.45, 2.75) is 0 Å². The fourth-order valence-electron chi connectivity index (χ4n) is 11.6. The largest absolute Gasteiger partial charge is 0.456 e. The minimum absolute atomic E-state index is 0.696. The first-order valence-electron chi connectivity index (χ1n) is 24.4. The second kappa shape index (κ2) is 16.4. The number of halogens is 1. The van der Waals surface area contributed by atoms with Gasteiger partial charge in [-0.15, -0.1) is 0 Å². The summed E-state index contributed by atoms with van der Waals surface area (Å²) in [5, 5.41) is 24.4. The molecule has 0 unspecified atom stereocenters. The predicted molar refractivity (Wildman–Crippen MR) is 312 cm³/mol. The van der Waals surface area contributed by atoms with Gasteiger partial charge < -0.3 is 8.83 Å². The van der Waals surface area contributed by atoms with E-state index in [2.05, 4.69) is 246 Å². The standard InChI is InChI=1S/C40H25OP.C28H15BrO/c1-3-10-30(11-4-1)42(31-12-5-2-6-13-31)32-19-23-38-36(25-32)35-24-29(18-22-37(35)41-38)33-20-16-28-15-14-26-8-7-9-27-17-21-34(33)40(28)39(26)27;29-20-9-13-26-24(15-20)23-14-19(8-12-25(23)30-26)21-10-6-18-5-4-16-2-1-3-17-7-11-22(21)28(18)27(16)17/h1-25H;1-15H. The Balaban J connectivity index is 0.000000136. The van der Waals surface area contributed by atoms with Crippen LogP contribution >= 0.6 is 23.9 Å². The van der Waals surface area contributed by atoms with Gasteiger partial charge >= 0.3 is 0 Å². The lowest BCUT2D eigenvalue weighted by Crippen LogP contribution is -2.20. The van der Waals surface area contributed by atoms with E-state index in [9.17, 15) is 0 Å². The highest BCUT2D eigenvalue weighted by atomic mass is 79.9. The molecule has 16 rings (SSSR count). The van der Waals surface area contributed by atoms with E-state index < -0.39 is 7.92 Å². The minimum Gasteiger partial charge on any atom is -0.456 e. The number of rotatable bonds is 5. The molecule has 0 saturated carbocycles. The zero-order valence-corrected chi connectivity index (χ0v) is 41.2. The Morgan fingerprint density at radius 3 is 1.14 bits per heavy atom. The molecule has 0 atom stereocenters. The normalized spacial score (nSPS) is 12.1. The summed E-state index contributed by atoms with van der Waals surface area (Å²) < 4.78 is 13.5. The van der Waals surface area contributed by atoms with Crippen molar-refractivity contribution >= 4 is 148 Å². The maximum absolute atomic E-state index is 6.38. The maximum atomic E-state index is 6.38. The van der Waals surface area contributed by atoms with Crippen LogP contribution in [0.25, 0.3) is 131 Å². The molecule has 0 amide bonds. The van der Waals surface area contributed by atoms with Crippen LogP contribution in [-0.4, -0.2) is 0 Å². The fraction of sp³-hybridized carbons (Fsp3) is 0. The van der Waals surface area contributed by atoms with Gasteiger partial charge in [-0.05, 0) is 165 Å². The summed E-state index contributed by atoms with van der Waals surface area (Å²) in [6.07, 6.45) is 0. The van der Waals surface area contributed by atoms with Crippen molar-refractivity contribution in [3.8, 4) is 22.3 Å². The number of hydrogen-bond acceptors (Lipinski definition) is 2. The average Bonchev–Trinajstić information content (AvgIpc) is 3.99. The number of benzene rings is 14. The zero-order valence-electron chi connectivity index (χ0n) is 38.7. The molecule has 16 aromatic rings. The lowest BCUT2D eigenvalue weighted by molar-refractivity contribution is 0.668. The van der Waals surface area contributed by atoms with Crippen LogP contribution in [0, 0.1) is 0 Å². The Morgan fingerprint density at radius 2 is 0.653 bits per heavy atom. The molecule has 0 spiro atoms. The monoisotopic (exact) mass is 998 g/mol. The molecular formula is C68H40BrO2P. The molecule has 0 fully saturated rings. The summed E-state index contributed by atoms with van der Waals surface area (Å²) in [6.45, 7) is 0. The number of hydrogen-bond donors (Lipinski definition) is 0. The van der Waals surface area contributed by atoms with Gasteiger partial charge in [0.25, 0.3) is 0 Å². The predicted octanol–water partition coefficient (Wildman–Crippen LogP) is 18.8. The number of fused-ring (bicyclic) bond motifs is 6. The van der Waals surface area contributed by atoms with Gasteiger partial charge in [-0.1, -0.05) is 204 Å². The first-order chi connectivity index (χ1) is 35.6. The molecule has 0 N–H and O–H groups in total. The summed E-state index contributed by atoms with van der Waals surface area (Å²) in [7, 11) is -0.696. The molecule has 2 aromatic heterocycles. The summed E-state index contributed by atoms with van der Waals surface area (Å²) in [5.41, 5.74) is 8.62. The molecule has 2 heterocycles. The van der Waals surface area contributed by atoms with E-state index in [1.165, 1.54) is 108 Å². The fourth-order valence-corrected chi connectivity index (χ4v) is 14.2. The van der Waals surface area contributed by atoms with Gasteiger partial charge in [-0.3, -0.25) is 0 Å². The summed E-state index contributed by atoms with van der Waals surface area (Å²) >= 11 is 3.59. The van der Waals surface area contributed by atoms with Crippen LogP contribution in [0.4, 0.5) is 0 Å². The van der Waals surface area contributed by atoms with E-state index in [0.717, 1.165) is 43.0 Å². The second-order valence-electron chi connectivity index (χ2n) is 18.9. The van der Waals surface area contributed by atoms with Crippen LogP contribution in [-0.2, 0) is 0 Å². The van der Waals surface area contributed by atoms with Crippen LogP contribution < -0.4 is 15.9 Å². The quantitative estimate of drug-likeness (QED) is 0.127. The molecule has 14 aromatic carbocycles. The van der Waals surface area contributed by atoms with Gasteiger partial charge in [0, 0.05) is 26.0 Å². The molecule has 336 valence electrons. The van der Waals surface area contributed by atoms with Crippen molar-refractivity contribution in [1.82, 2.24) is 0 Å². The summed E-state index contributed by atoms with van der Waals surface area (Å²) in [5.74, 6) is 0. The molecule has 2 nitrogen and oxygen atoms in total. The molecular weight excluding hydrogens is 960 g/mol. The third-order valence-corrected chi connectivity index (χ3v) is 17.8. The van der Waals surface area contributed by atoms with Gasteiger partial charge in [0.15, 0.2) is 0 Å². The van der Waals surface area contributed by atoms with Crippen LogP contribution in [0.3, 0.4) is 0 Å². The second-order valence-corrected chi connectivity index (χ2v) is 22.0. The molecule has 0 bridgehead atoms. The Hall–Kier alpha value is -8.33. The molecule has 0 radical (unpaired) electrons. The molecule has 0 aliphatic heterocycles. The van der Waals surface area contributed by atoms with E-state index in [-0.39, 0.29) is 0 Å². The van der Waals surface area contributed by atoms with Crippen molar-refractivity contribution in [3.05, 3.63) is 247 Å². The SMILES string of the molecule is Brc1ccc2oc3ccc(-c4ccc5ccc6cccc7ccc4c5c67)cc3c2c1.c1ccc(P(c2ccccc2)c2ccc3oc4ccc(-c5ccc6ccc7cccc8ccc5c6c78)cc4c3c2)cc1. The molecule has 0 aliphatic rings. The van der Waals surface area contributed by atoms with Crippen molar-refractivity contribution < 1.29 is 8.83 Å². The van der Waals surface area contributed by atoms with Gasteiger partial charge in [0.1, 0.15) is 22.3 Å².